The van der Waals surface area contributed by atoms with Crippen LogP contribution in [0.15, 0.2) is 24.5 Å². The smallest absolute Gasteiger partial charge is 0.231 e. The first-order chi connectivity index (χ1) is 9.74. The van der Waals surface area contributed by atoms with Crippen LogP contribution in [0.25, 0.3) is 0 Å². The Morgan fingerprint density at radius 1 is 1.25 bits per heavy atom. The maximum atomic E-state index is 6.13. The molecule has 0 unspecified atom stereocenters. The van der Waals surface area contributed by atoms with Crippen molar-refractivity contribution in [1.29, 1.82) is 0 Å². The molecule has 1 aromatic heterocycles. The average molecular weight is 292 g/mol. The Morgan fingerprint density at radius 3 is 3.00 bits per heavy atom. The van der Waals surface area contributed by atoms with E-state index in [-0.39, 0.29) is 0 Å². The van der Waals surface area contributed by atoms with Gasteiger partial charge in [-0.1, -0.05) is 17.7 Å². The molecule has 0 bridgehead atoms. The van der Waals surface area contributed by atoms with Gasteiger partial charge in [-0.3, -0.25) is 0 Å². The lowest BCUT2D eigenvalue weighted by molar-refractivity contribution is 0.174. The van der Waals surface area contributed by atoms with Crippen molar-refractivity contribution < 1.29 is 9.47 Å². The number of hydrogen-bond acceptors (Lipinski definition) is 5. The number of halogens is 1. The molecule has 1 aromatic carbocycles. The van der Waals surface area contributed by atoms with Crippen molar-refractivity contribution in [2.75, 3.05) is 18.7 Å². The normalized spacial score (nSPS) is 12.5. The van der Waals surface area contributed by atoms with Crippen LogP contribution in [-0.2, 0) is 6.42 Å². The van der Waals surface area contributed by atoms with E-state index in [0.717, 1.165) is 30.2 Å². The second-order valence-corrected chi connectivity index (χ2v) is 4.86. The van der Waals surface area contributed by atoms with E-state index in [2.05, 4.69) is 15.3 Å². The van der Waals surface area contributed by atoms with Crippen molar-refractivity contribution in [1.82, 2.24) is 9.97 Å². The SMILES string of the molecule is Cc1ncnc(NCCc2ccc3c(c2)OCO3)c1Cl. The first-order valence-electron chi connectivity index (χ1n) is 6.33. The van der Waals surface area contributed by atoms with E-state index in [1.54, 1.807) is 0 Å². The van der Waals surface area contributed by atoms with Gasteiger partial charge in [0.15, 0.2) is 11.5 Å². The number of rotatable bonds is 4. The van der Waals surface area contributed by atoms with Gasteiger partial charge in [0.05, 0.1) is 5.69 Å². The maximum Gasteiger partial charge on any atom is 0.231 e. The minimum atomic E-state index is 0.298. The van der Waals surface area contributed by atoms with Gasteiger partial charge in [-0.2, -0.15) is 0 Å². The van der Waals surface area contributed by atoms with Gasteiger partial charge in [-0.05, 0) is 31.0 Å². The van der Waals surface area contributed by atoms with Crippen LogP contribution in [-0.4, -0.2) is 23.3 Å². The Bertz CT molecular complexity index is 634. The molecular formula is C14H14ClN3O2. The molecule has 1 N–H and O–H groups in total. The van der Waals surface area contributed by atoms with Crippen LogP contribution in [0.2, 0.25) is 5.02 Å². The quantitative estimate of drug-likeness (QED) is 0.939. The van der Waals surface area contributed by atoms with Crippen molar-refractivity contribution in [2.45, 2.75) is 13.3 Å². The van der Waals surface area contributed by atoms with Gasteiger partial charge in [0.25, 0.3) is 0 Å². The topological polar surface area (TPSA) is 56.3 Å². The van der Waals surface area contributed by atoms with E-state index in [4.69, 9.17) is 21.1 Å². The fraction of sp³-hybridized carbons (Fsp3) is 0.286. The maximum absolute atomic E-state index is 6.13. The molecule has 0 saturated heterocycles. The first-order valence-corrected chi connectivity index (χ1v) is 6.71. The molecule has 1 aliphatic rings. The van der Waals surface area contributed by atoms with E-state index >= 15 is 0 Å². The Hall–Kier alpha value is -2.01. The molecule has 0 amide bonds. The molecule has 0 spiro atoms. The van der Waals surface area contributed by atoms with Crippen LogP contribution in [0.1, 0.15) is 11.3 Å². The zero-order chi connectivity index (χ0) is 13.9. The molecular weight excluding hydrogens is 278 g/mol. The lowest BCUT2D eigenvalue weighted by Gasteiger charge is -2.08. The fourth-order valence-electron chi connectivity index (χ4n) is 2.00. The van der Waals surface area contributed by atoms with E-state index < -0.39 is 0 Å². The summed E-state index contributed by atoms with van der Waals surface area (Å²) in [5.74, 6) is 2.27. The number of benzene rings is 1. The van der Waals surface area contributed by atoms with Crippen molar-refractivity contribution in [3.05, 3.63) is 40.8 Å². The van der Waals surface area contributed by atoms with E-state index in [1.807, 2.05) is 25.1 Å². The van der Waals surface area contributed by atoms with Crippen LogP contribution in [0.5, 0.6) is 11.5 Å². The molecule has 2 aromatic rings. The Balaban J connectivity index is 1.61. The molecule has 3 rings (SSSR count). The largest absolute Gasteiger partial charge is 0.454 e. The van der Waals surface area contributed by atoms with Gasteiger partial charge in [-0.15, -0.1) is 0 Å². The lowest BCUT2D eigenvalue weighted by atomic mass is 10.1. The molecule has 0 fully saturated rings. The number of nitrogens with zero attached hydrogens (tertiary/aromatic N) is 2. The molecule has 104 valence electrons. The summed E-state index contributed by atoms with van der Waals surface area (Å²) in [4.78, 5) is 8.16. The number of aryl methyl sites for hydroxylation is 1. The zero-order valence-corrected chi connectivity index (χ0v) is 11.8. The van der Waals surface area contributed by atoms with Crippen LogP contribution < -0.4 is 14.8 Å². The van der Waals surface area contributed by atoms with Crippen LogP contribution >= 0.6 is 11.6 Å². The number of anilines is 1. The molecule has 5 nitrogen and oxygen atoms in total. The molecule has 20 heavy (non-hydrogen) atoms. The second-order valence-electron chi connectivity index (χ2n) is 4.49. The summed E-state index contributed by atoms with van der Waals surface area (Å²) in [5.41, 5.74) is 1.94. The standard InChI is InChI=1S/C14H14ClN3O2/c1-9-13(15)14(18-7-17-9)16-5-4-10-2-3-11-12(6-10)20-8-19-11/h2-3,6-7H,4-5,8H2,1H3,(H,16,17,18). The number of ether oxygens (including phenoxy) is 2. The van der Waals surface area contributed by atoms with Crippen molar-refractivity contribution in [3.63, 3.8) is 0 Å². The summed E-state index contributed by atoms with van der Waals surface area (Å²) in [6.45, 7) is 2.88. The first kappa shape index (κ1) is 13.0. The highest BCUT2D eigenvalue weighted by molar-refractivity contribution is 6.33. The number of fused-ring (bicyclic) bond motifs is 1. The van der Waals surface area contributed by atoms with Crippen molar-refractivity contribution in [3.8, 4) is 11.5 Å². The Morgan fingerprint density at radius 2 is 2.10 bits per heavy atom. The van der Waals surface area contributed by atoms with Gasteiger partial charge in [-0.25, -0.2) is 9.97 Å². The highest BCUT2D eigenvalue weighted by Gasteiger charge is 2.13. The molecule has 0 saturated carbocycles. The van der Waals surface area contributed by atoms with Crippen LogP contribution in [0.4, 0.5) is 5.82 Å². The highest BCUT2D eigenvalue weighted by Crippen LogP contribution is 2.32. The van der Waals surface area contributed by atoms with Gasteiger partial charge in [0.2, 0.25) is 6.79 Å². The van der Waals surface area contributed by atoms with E-state index in [1.165, 1.54) is 11.9 Å². The number of hydrogen-bond donors (Lipinski definition) is 1. The summed E-state index contributed by atoms with van der Waals surface area (Å²) in [6, 6.07) is 5.96. The van der Waals surface area contributed by atoms with Crippen molar-refractivity contribution in [2.24, 2.45) is 0 Å². The highest BCUT2D eigenvalue weighted by atomic mass is 35.5. The molecule has 0 atom stereocenters. The van der Waals surface area contributed by atoms with Gasteiger partial charge in [0.1, 0.15) is 17.2 Å². The second kappa shape index (κ2) is 5.54. The van der Waals surface area contributed by atoms with E-state index in [9.17, 15) is 0 Å². The van der Waals surface area contributed by atoms with E-state index in [0.29, 0.717) is 17.6 Å². The predicted octanol–water partition coefficient (Wildman–Crippen LogP) is 2.82. The minimum absolute atomic E-state index is 0.298. The molecule has 2 heterocycles. The number of nitrogens with one attached hydrogen (secondary N) is 1. The summed E-state index contributed by atoms with van der Waals surface area (Å²) < 4.78 is 10.6. The minimum Gasteiger partial charge on any atom is -0.454 e. The van der Waals surface area contributed by atoms with Crippen molar-refractivity contribution >= 4 is 17.4 Å². The Labute approximate surface area is 121 Å². The fourth-order valence-corrected chi connectivity index (χ4v) is 2.17. The third kappa shape index (κ3) is 2.63. The lowest BCUT2D eigenvalue weighted by Crippen LogP contribution is -2.07. The number of aromatic nitrogens is 2. The Kier molecular flexibility index (Phi) is 3.60. The third-order valence-corrected chi connectivity index (χ3v) is 3.56. The monoisotopic (exact) mass is 291 g/mol. The van der Waals surface area contributed by atoms with Gasteiger partial charge >= 0.3 is 0 Å². The summed E-state index contributed by atoms with van der Waals surface area (Å²) in [7, 11) is 0. The molecule has 6 heteroatoms. The van der Waals surface area contributed by atoms with Gasteiger partial charge < -0.3 is 14.8 Å². The van der Waals surface area contributed by atoms with Gasteiger partial charge in [0, 0.05) is 6.54 Å². The predicted molar refractivity (Wildman–Crippen MR) is 76.5 cm³/mol. The summed E-state index contributed by atoms with van der Waals surface area (Å²) >= 11 is 6.13. The molecule has 0 aliphatic carbocycles. The zero-order valence-electron chi connectivity index (χ0n) is 11.0. The molecule has 0 radical (unpaired) electrons. The van der Waals surface area contributed by atoms with Crippen LogP contribution in [0.3, 0.4) is 0 Å². The molecule has 1 aliphatic heterocycles. The third-order valence-electron chi connectivity index (χ3n) is 3.11. The van der Waals surface area contributed by atoms with Crippen LogP contribution in [0, 0.1) is 6.92 Å². The summed E-state index contributed by atoms with van der Waals surface area (Å²) in [6.07, 6.45) is 2.35. The average Bonchev–Trinajstić information content (AvgIpc) is 2.91. The summed E-state index contributed by atoms with van der Waals surface area (Å²) in [5, 5.41) is 3.78.